The van der Waals surface area contributed by atoms with Gasteiger partial charge in [0.25, 0.3) is 0 Å². The topological polar surface area (TPSA) is 61.6 Å². The Morgan fingerprint density at radius 3 is 2.56 bits per heavy atom. The lowest BCUT2D eigenvalue weighted by Gasteiger charge is -2.35. The average molecular weight is 271 g/mol. The Balaban J connectivity index is 2.76. The standard InChI is InChI=1S/C12H21NO4Si/c1-12(2,3)18(5,6)17-8-10-9(7-16-13-10)11(14)15-4/h7H,8H2,1-6H3. The van der Waals surface area contributed by atoms with Gasteiger partial charge in [-0.25, -0.2) is 4.79 Å². The molecule has 0 unspecified atom stereocenters. The van der Waals surface area contributed by atoms with E-state index in [0.717, 1.165) is 0 Å². The minimum absolute atomic E-state index is 0.113. The van der Waals surface area contributed by atoms with Crippen molar-refractivity contribution in [2.45, 2.75) is 45.5 Å². The number of rotatable bonds is 4. The van der Waals surface area contributed by atoms with Crippen LogP contribution < -0.4 is 0 Å². The number of nitrogens with zero attached hydrogens (tertiary/aromatic N) is 1. The molecule has 0 aliphatic heterocycles. The van der Waals surface area contributed by atoms with Gasteiger partial charge in [0.2, 0.25) is 0 Å². The summed E-state index contributed by atoms with van der Waals surface area (Å²) in [5.74, 6) is -0.454. The molecule has 0 aliphatic carbocycles. The van der Waals surface area contributed by atoms with Crippen LogP contribution in [0.2, 0.25) is 18.1 Å². The summed E-state index contributed by atoms with van der Waals surface area (Å²) in [7, 11) is -0.536. The van der Waals surface area contributed by atoms with Crippen molar-refractivity contribution < 1.29 is 18.5 Å². The second kappa shape index (κ2) is 5.24. The lowest BCUT2D eigenvalue weighted by Crippen LogP contribution is -2.40. The first-order valence-electron chi connectivity index (χ1n) is 5.84. The summed E-state index contributed by atoms with van der Waals surface area (Å²) in [4.78, 5) is 11.5. The summed E-state index contributed by atoms with van der Waals surface area (Å²) >= 11 is 0. The van der Waals surface area contributed by atoms with Crippen LogP contribution in [-0.4, -0.2) is 26.6 Å². The van der Waals surface area contributed by atoms with Gasteiger partial charge in [0, 0.05) is 0 Å². The van der Waals surface area contributed by atoms with Crippen molar-refractivity contribution in [3.63, 3.8) is 0 Å². The molecular formula is C12H21NO4Si. The summed E-state index contributed by atoms with van der Waals surface area (Å²) < 4.78 is 15.4. The highest BCUT2D eigenvalue weighted by Crippen LogP contribution is 2.37. The summed E-state index contributed by atoms with van der Waals surface area (Å²) in [5.41, 5.74) is 0.822. The molecule has 0 saturated carbocycles. The number of aromatic nitrogens is 1. The van der Waals surface area contributed by atoms with E-state index in [1.807, 2.05) is 0 Å². The monoisotopic (exact) mass is 271 g/mol. The second-order valence-electron chi connectivity index (χ2n) is 5.72. The quantitative estimate of drug-likeness (QED) is 0.622. The fourth-order valence-electron chi connectivity index (χ4n) is 1.11. The van der Waals surface area contributed by atoms with E-state index in [0.29, 0.717) is 11.3 Å². The molecule has 0 fully saturated rings. The van der Waals surface area contributed by atoms with Gasteiger partial charge in [-0.15, -0.1) is 0 Å². The Morgan fingerprint density at radius 1 is 1.44 bits per heavy atom. The Labute approximate surface area is 109 Å². The molecule has 1 rings (SSSR count). The molecule has 0 atom stereocenters. The van der Waals surface area contributed by atoms with Gasteiger partial charge in [-0.05, 0) is 18.1 Å². The van der Waals surface area contributed by atoms with Crippen molar-refractivity contribution in [1.82, 2.24) is 5.16 Å². The van der Waals surface area contributed by atoms with E-state index >= 15 is 0 Å². The Kier molecular flexibility index (Phi) is 4.34. The van der Waals surface area contributed by atoms with Crippen molar-refractivity contribution in [2.24, 2.45) is 0 Å². The van der Waals surface area contributed by atoms with Gasteiger partial charge in [-0.2, -0.15) is 0 Å². The summed E-state index contributed by atoms with van der Waals surface area (Å²) in [6.45, 7) is 11.0. The number of hydrogen-bond acceptors (Lipinski definition) is 5. The average Bonchev–Trinajstić information content (AvgIpc) is 2.72. The smallest absolute Gasteiger partial charge is 0.343 e. The normalized spacial score (nSPS) is 12.6. The summed E-state index contributed by atoms with van der Waals surface area (Å²) in [5, 5.41) is 3.90. The summed E-state index contributed by atoms with van der Waals surface area (Å²) in [6, 6.07) is 0. The Hall–Kier alpha value is -1.14. The first kappa shape index (κ1) is 14.9. The Bertz CT molecular complexity index is 420. The van der Waals surface area contributed by atoms with Crippen LogP contribution >= 0.6 is 0 Å². The molecule has 1 heterocycles. The number of carbonyl (C=O) groups is 1. The maximum absolute atomic E-state index is 11.5. The molecule has 6 heteroatoms. The van der Waals surface area contributed by atoms with E-state index in [-0.39, 0.29) is 11.6 Å². The molecular weight excluding hydrogens is 250 g/mol. The molecule has 0 amide bonds. The van der Waals surface area contributed by atoms with Crippen LogP contribution in [0.15, 0.2) is 10.8 Å². The third kappa shape index (κ3) is 3.20. The van der Waals surface area contributed by atoms with Gasteiger partial charge in [0.05, 0.1) is 13.7 Å². The fraction of sp³-hybridized carbons (Fsp3) is 0.667. The highest BCUT2D eigenvalue weighted by Gasteiger charge is 2.37. The van der Waals surface area contributed by atoms with Crippen LogP contribution in [0.1, 0.15) is 36.8 Å². The van der Waals surface area contributed by atoms with Gasteiger partial charge in [0.1, 0.15) is 17.5 Å². The zero-order valence-electron chi connectivity index (χ0n) is 11.9. The molecule has 0 spiro atoms. The SMILES string of the molecule is COC(=O)c1conc1CO[Si](C)(C)C(C)(C)C. The summed E-state index contributed by atoms with van der Waals surface area (Å²) in [6.07, 6.45) is 1.29. The number of hydrogen-bond donors (Lipinski definition) is 0. The number of methoxy groups -OCH3 is 1. The van der Waals surface area contributed by atoms with E-state index in [2.05, 4.69) is 43.8 Å². The van der Waals surface area contributed by atoms with Crippen molar-refractivity contribution >= 4 is 14.3 Å². The van der Waals surface area contributed by atoms with Crippen molar-refractivity contribution in [1.29, 1.82) is 0 Å². The van der Waals surface area contributed by atoms with Gasteiger partial charge < -0.3 is 13.7 Å². The van der Waals surface area contributed by atoms with E-state index in [1.54, 1.807) is 0 Å². The first-order chi connectivity index (χ1) is 8.19. The maximum Gasteiger partial charge on any atom is 0.343 e. The van der Waals surface area contributed by atoms with Crippen LogP contribution in [0, 0.1) is 0 Å². The zero-order valence-corrected chi connectivity index (χ0v) is 12.9. The lowest BCUT2D eigenvalue weighted by atomic mass is 10.2. The third-order valence-electron chi connectivity index (χ3n) is 3.43. The molecule has 0 N–H and O–H groups in total. The molecule has 1 aromatic heterocycles. The van der Waals surface area contributed by atoms with Crippen molar-refractivity contribution in [3.8, 4) is 0 Å². The van der Waals surface area contributed by atoms with E-state index in [9.17, 15) is 4.79 Å². The molecule has 1 aromatic rings. The largest absolute Gasteiger partial charge is 0.465 e. The van der Waals surface area contributed by atoms with Crippen LogP contribution in [-0.2, 0) is 15.8 Å². The molecule has 0 aliphatic rings. The van der Waals surface area contributed by atoms with Crippen molar-refractivity contribution in [2.75, 3.05) is 7.11 Å². The van der Waals surface area contributed by atoms with Gasteiger partial charge >= 0.3 is 5.97 Å². The molecule has 0 bridgehead atoms. The third-order valence-corrected chi connectivity index (χ3v) is 7.90. The van der Waals surface area contributed by atoms with E-state index < -0.39 is 14.3 Å². The van der Waals surface area contributed by atoms with Gasteiger partial charge in [0.15, 0.2) is 8.32 Å². The maximum atomic E-state index is 11.5. The van der Waals surface area contributed by atoms with Crippen LogP contribution in [0.3, 0.4) is 0 Å². The van der Waals surface area contributed by atoms with E-state index in [1.165, 1.54) is 13.4 Å². The predicted octanol–water partition coefficient (Wildman–Crippen LogP) is 2.98. The predicted molar refractivity (Wildman–Crippen MR) is 69.8 cm³/mol. The number of ether oxygens (including phenoxy) is 1. The molecule has 102 valence electrons. The first-order valence-corrected chi connectivity index (χ1v) is 8.75. The van der Waals surface area contributed by atoms with Gasteiger partial charge in [-0.1, -0.05) is 25.9 Å². The Morgan fingerprint density at radius 2 is 2.06 bits per heavy atom. The lowest BCUT2D eigenvalue weighted by molar-refractivity contribution is 0.0597. The highest BCUT2D eigenvalue weighted by atomic mass is 28.4. The molecule has 18 heavy (non-hydrogen) atoms. The van der Waals surface area contributed by atoms with Crippen LogP contribution in [0.25, 0.3) is 0 Å². The van der Waals surface area contributed by atoms with Crippen LogP contribution in [0.5, 0.6) is 0 Å². The van der Waals surface area contributed by atoms with E-state index in [4.69, 9.17) is 8.95 Å². The number of esters is 1. The molecule has 5 nitrogen and oxygen atoms in total. The molecule has 0 radical (unpaired) electrons. The fourth-order valence-corrected chi connectivity index (χ4v) is 2.04. The highest BCUT2D eigenvalue weighted by molar-refractivity contribution is 6.74. The van der Waals surface area contributed by atoms with Crippen molar-refractivity contribution in [3.05, 3.63) is 17.5 Å². The second-order valence-corrected chi connectivity index (χ2v) is 10.5. The van der Waals surface area contributed by atoms with Crippen LogP contribution in [0.4, 0.5) is 0 Å². The zero-order chi connectivity index (χ0) is 14.0. The molecule has 0 saturated heterocycles. The molecule has 0 aromatic carbocycles. The minimum atomic E-state index is -1.86. The minimum Gasteiger partial charge on any atom is -0.465 e. The van der Waals surface area contributed by atoms with Gasteiger partial charge in [-0.3, -0.25) is 0 Å². The number of carbonyl (C=O) groups excluding carboxylic acids is 1.